The van der Waals surface area contributed by atoms with E-state index in [-0.39, 0.29) is 0 Å². The summed E-state index contributed by atoms with van der Waals surface area (Å²) in [5.41, 5.74) is 16.1. The van der Waals surface area contributed by atoms with E-state index in [2.05, 4.69) is 0 Å². The Balaban J connectivity index is 2.19. The summed E-state index contributed by atoms with van der Waals surface area (Å²) in [6, 6.07) is 5.69. The summed E-state index contributed by atoms with van der Waals surface area (Å²) in [5, 5.41) is 1.70. The normalized spacial score (nSPS) is 18.9. The van der Waals surface area contributed by atoms with E-state index in [9.17, 15) is 0 Å². The molecule has 1 aromatic carbocycles. The molecule has 1 aliphatic carbocycles. The van der Waals surface area contributed by atoms with Crippen molar-refractivity contribution >= 4 is 28.2 Å². The minimum atomic E-state index is 0.529. The van der Waals surface area contributed by atoms with Gasteiger partial charge in [0.1, 0.15) is 0 Å². The van der Waals surface area contributed by atoms with Crippen LogP contribution in [-0.2, 0) is 12.8 Å². The Labute approximate surface area is 111 Å². The van der Waals surface area contributed by atoms with E-state index in [1.165, 1.54) is 5.56 Å². The zero-order chi connectivity index (χ0) is 12.7. The van der Waals surface area contributed by atoms with Gasteiger partial charge in [-0.3, -0.25) is 4.98 Å². The minimum absolute atomic E-state index is 0.529. The van der Waals surface area contributed by atoms with Gasteiger partial charge in [0, 0.05) is 21.8 Å². The Hall–Kier alpha value is -1.32. The van der Waals surface area contributed by atoms with Gasteiger partial charge in [0.15, 0.2) is 0 Å². The molecule has 94 valence electrons. The molecule has 2 aromatic rings. The molecule has 4 N–H and O–H groups in total. The zero-order valence-corrected chi connectivity index (χ0v) is 10.9. The van der Waals surface area contributed by atoms with Crippen LogP contribution in [0.5, 0.6) is 0 Å². The van der Waals surface area contributed by atoms with Crippen molar-refractivity contribution in [1.29, 1.82) is 0 Å². The van der Waals surface area contributed by atoms with Crippen molar-refractivity contribution in [3.05, 3.63) is 34.5 Å². The molecule has 0 bridgehead atoms. The number of hydrogen-bond donors (Lipinski definition) is 2. The average molecular weight is 262 g/mol. The monoisotopic (exact) mass is 261 g/mol. The van der Waals surface area contributed by atoms with Crippen LogP contribution in [0.25, 0.3) is 10.9 Å². The van der Waals surface area contributed by atoms with Gasteiger partial charge in [-0.05, 0) is 55.5 Å². The third-order valence-electron chi connectivity index (χ3n) is 3.80. The molecule has 0 saturated heterocycles. The summed E-state index contributed by atoms with van der Waals surface area (Å²) in [5.74, 6) is 0.529. The summed E-state index contributed by atoms with van der Waals surface area (Å²) < 4.78 is 0. The molecule has 3 rings (SSSR count). The predicted octanol–water partition coefficient (Wildman–Crippen LogP) is 2.53. The fraction of sp³-hybridized carbons (Fsp3) is 0.357. The summed E-state index contributed by atoms with van der Waals surface area (Å²) in [6.07, 6.45) is 3.02. The third-order valence-corrected chi connectivity index (χ3v) is 4.03. The maximum Gasteiger partial charge on any atom is 0.0741 e. The second-order valence-corrected chi connectivity index (χ2v) is 5.39. The largest absolute Gasteiger partial charge is 0.398 e. The number of pyridine rings is 1. The smallest absolute Gasteiger partial charge is 0.0741 e. The van der Waals surface area contributed by atoms with E-state index >= 15 is 0 Å². The van der Waals surface area contributed by atoms with Crippen LogP contribution in [0.2, 0.25) is 5.02 Å². The number of nitrogens with two attached hydrogens (primary N) is 2. The van der Waals surface area contributed by atoms with Crippen LogP contribution >= 0.6 is 11.6 Å². The van der Waals surface area contributed by atoms with E-state index in [0.29, 0.717) is 17.5 Å². The van der Waals surface area contributed by atoms with Crippen molar-refractivity contribution in [3.63, 3.8) is 0 Å². The van der Waals surface area contributed by atoms with E-state index in [1.54, 1.807) is 0 Å². The molecule has 1 unspecified atom stereocenters. The topological polar surface area (TPSA) is 64.9 Å². The fourth-order valence-corrected chi connectivity index (χ4v) is 2.90. The molecule has 1 aromatic heterocycles. The van der Waals surface area contributed by atoms with Crippen molar-refractivity contribution in [2.75, 3.05) is 12.3 Å². The Morgan fingerprint density at radius 1 is 1.39 bits per heavy atom. The molecule has 0 radical (unpaired) electrons. The first kappa shape index (κ1) is 11.8. The number of nitrogens with zero attached hydrogens (tertiary/aromatic N) is 1. The summed E-state index contributed by atoms with van der Waals surface area (Å²) in [4.78, 5) is 4.72. The highest BCUT2D eigenvalue weighted by atomic mass is 35.5. The number of benzene rings is 1. The SMILES string of the molecule is NCC1CCc2c(nc3cc(Cl)ccc3c2N)C1. The number of hydrogen-bond acceptors (Lipinski definition) is 3. The Bertz CT molecular complexity index is 610. The molecule has 18 heavy (non-hydrogen) atoms. The van der Waals surface area contributed by atoms with Gasteiger partial charge < -0.3 is 11.5 Å². The molecule has 3 nitrogen and oxygen atoms in total. The molecule has 0 fully saturated rings. The lowest BCUT2D eigenvalue weighted by atomic mass is 9.85. The van der Waals surface area contributed by atoms with Crippen molar-refractivity contribution in [2.45, 2.75) is 19.3 Å². The minimum Gasteiger partial charge on any atom is -0.398 e. The summed E-state index contributed by atoms with van der Waals surface area (Å²) >= 11 is 6.01. The van der Waals surface area contributed by atoms with E-state index < -0.39 is 0 Å². The van der Waals surface area contributed by atoms with Gasteiger partial charge in [0.05, 0.1) is 5.52 Å². The molecule has 0 amide bonds. The second kappa shape index (κ2) is 4.41. The van der Waals surface area contributed by atoms with Gasteiger partial charge in [-0.2, -0.15) is 0 Å². The third kappa shape index (κ3) is 1.84. The van der Waals surface area contributed by atoms with Gasteiger partial charge in [-0.15, -0.1) is 0 Å². The maximum absolute atomic E-state index is 6.26. The number of aromatic nitrogens is 1. The number of nitrogen functional groups attached to an aromatic ring is 1. The van der Waals surface area contributed by atoms with Crippen molar-refractivity contribution in [3.8, 4) is 0 Å². The lowest BCUT2D eigenvalue weighted by Gasteiger charge is -2.24. The van der Waals surface area contributed by atoms with Crippen LogP contribution in [0.1, 0.15) is 17.7 Å². The molecule has 1 atom stereocenters. The molecule has 0 aliphatic heterocycles. The molecule has 1 heterocycles. The van der Waals surface area contributed by atoms with Gasteiger partial charge >= 0.3 is 0 Å². The molecule has 1 aliphatic rings. The predicted molar refractivity (Wildman–Crippen MR) is 75.7 cm³/mol. The van der Waals surface area contributed by atoms with Crippen LogP contribution < -0.4 is 11.5 Å². The standard InChI is InChI=1S/C14H16ClN3/c15-9-2-4-11-13(6-9)18-12-5-8(7-16)1-3-10(12)14(11)17/h2,4,6,8H,1,3,5,7,16H2,(H2,17,18). The van der Waals surface area contributed by atoms with Crippen LogP contribution in [0, 0.1) is 5.92 Å². The lowest BCUT2D eigenvalue weighted by Crippen LogP contribution is -2.23. The van der Waals surface area contributed by atoms with Crippen LogP contribution in [0.15, 0.2) is 18.2 Å². The first-order chi connectivity index (χ1) is 8.69. The number of fused-ring (bicyclic) bond motifs is 2. The molecular weight excluding hydrogens is 246 g/mol. The number of anilines is 1. The average Bonchev–Trinajstić information content (AvgIpc) is 2.38. The fourth-order valence-electron chi connectivity index (χ4n) is 2.73. The second-order valence-electron chi connectivity index (χ2n) is 4.96. The van der Waals surface area contributed by atoms with Crippen LogP contribution in [-0.4, -0.2) is 11.5 Å². The maximum atomic E-state index is 6.26. The van der Waals surface area contributed by atoms with E-state index in [1.807, 2.05) is 18.2 Å². The van der Waals surface area contributed by atoms with Crippen LogP contribution in [0.4, 0.5) is 5.69 Å². The Kier molecular flexibility index (Phi) is 2.88. The highest BCUT2D eigenvalue weighted by Crippen LogP contribution is 2.33. The summed E-state index contributed by atoms with van der Waals surface area (Å²) in [6.45, 7) is 0.717. The van der Waals surface area contributed by atoms with Gasteiger partial charge in [-0.25, -0.2) is 0 Å². The summed E-state index contributed by atoms with van der Waals surface area (Å²) in [7, 11) is 0. The van der Waals surface area contributed by atoms with Gasteiger partial charge in [0.2, 0.25) is 0 Å². The number of rotatable bonds is 1. The van der Waals surface area contributed by atoms with Crippen LogP contribution in [0.3, 0.4) is 0 Å². The first-order valence-corrected chi connectivity index (χ1v) is 6.63. The first-order valence-electron chi connectivity index (χ1n) is 6.25. The zero-order valence-electron chi connectivity index (χ0n) is 10.1. The lowest BCUT2D eigenvalue weighted by molar-refractivity contribution is 0.463. The molecular formula is C14H16ClN3. The van der Waals surface area contributed by atoms with Gasteiger partial charge in [0.25, 0.3) is 0 Å². The van der Waals surface area contributed by atoms with Crippen molar-refractivity contribution in [2.24, 2.45) is 11.7 Å². The van der Waals surface area contributed by atoms with Gasteiger partial charge in [-0.1, -0.05) is 11.6 Å². The molecule has 4 heteroatoms. The Morgan fingerprint density at radius 2 is 2.22 bits per heavy atom. The van der Waals surface area contributed by atoms with E-state index in [4.69, 9.17) is 28.1 Å². The van der Waals surface area contributed by atoms with Crippen molar-refractivity contribution < 1.29 is 0 Å². The highest BCUT2D eigenvalue weighted by molar-refractivity contribution is 6.31. The van der Waals surface area contributed by atoms with Crippen molar-refractivity contribution in [1.82, 2.24) is 4.98 Å². The quantitative estimate of drug-likeness (QED) is 0.829. The highest BCUT2D eigenvalue weighted by Gasteiger charge is 2.22. The molecule has 0 saturated carbocycles. The molecule has 0 spiro atoms. The number of halogens is 1. The Morgan fingerprint density at radius 3 is 3.00 bits per heavy atom. The van der Waals surface area contributed by atoms with E-state index in [0.717, 1.165) is 41.5 Å².